The number of carbonyl (C=O) groups is 1. The summed E-state index contributed by atoms with van der Waals surface area (Å²) in [5.41, 5.74) is 4.41. The Kier molecular flexibility index (Phi) is 9.42. The Morgan fingerprint density at radius 2 is 1.67 bits per heavy atom. The second-order valence-corrected chi connectivity index (χ2v) is 12.9. The largest absolute Gasteiger partial charge is 0.497 e. The van der Waals surface area contributed by atoms with Crippen molar-refractivity contribution in [2.45, 2.75) is 29.0 Å². The first-order chi connectivity index (χ1) is 21.7. The average molecular weight is 637 g/mol. The number of hydrogen-bond acceptors (Lipinski definition) is 9. The molecule has 0 spiro atoms. The first-order valence-corrected chi connectivity index (χ1v) is 16.1. The first kappa shape index (κ1) is 31.2. The van der Waals surface area contributed by atoms with Gasteiger partial charge in [-0.2, -0.15) is 5.26 Å². The van der Waals surface area contributed by atoms with Crippen molar-refractivity contribution in [3.63, 3.8) is 0 Å². The van der Waals surface area contributed by atoms with Gasteiger partial charge in [0.15, 0.2) is 0 Å². The highest BCUT2D eigenvalue weighted by atomic mass is 32.2. The van der Waals surface area contributed by atoms with Crippen molar-refractivity contribution < 1.29 is 17.9 Å². The quantitative estimate of drug-likeness (QED) is 0.168. The van der Waals surface area contributed by atoms with Gasteiger partial charge in [0.25, 0.3) is 10.0 Å². The molecule has 2 heterocycles. The summed E-state index contributed by atoms with van der Waals surface area (Å²) in [7, 11) is -2.35. The summed E-state index contributed by atoms with van der Waals surface area (Å²) < 4.78 is 33.2. The van der Waals surface area contributed by atoms with Crippen LogP contribution < -0.4 is 14.8 Å². The van der Waals surface area contributed by atoms with Crippen molar-refractivity contribution in [3.05, 3.63) is 108 Å². The van der Waals surface area contributed by atoms with Gasteiger partial charge in [-0.15, -0.1) is 0 Å². The van der Waals surface area contributed by atoms with Crippen LogP contribution in [0.1, 0.15) is 18.2 Å². The van der Waals surface area contributed by atoms with E-state index < -0.39 is 15.3 Å². The van der Waals surface area contributed by atoms with Crippen LogP contribution in [-0.4, -0.2) is 41.6 Å². The SMILES string of the molecule is COc1ccc(-c2cc(-c3ccccc3)nc(SC(C)C(=O)Nc3ccc(S(=O)(=O)Nc4nccc(C)n4)cc3)c2C#N)cc1. The summed E-state index contributed by atoms with van der Waals surface area (Å²) in [5, 5.41) is 12.8. The molecule has 1 amide bonds. The number of methoxy groups -OCH3 is 1. The number of amides is 1. The van der Waals surface area contributed by atoms with Crippen LogP contribution in [-0.2, 0) is 14.8 Å². The van der Waals surface area contributed by atoms with Gasteiger partial charge < -0.3 is 10.1 Å². The van der Waals surface area contributed by atoms with Gasteiger partial charge in [-0.3, -0.25) is 4.79 Å². The molecule has 0 radical (unpaired) electrons. The number of hydrogen-bond donors (Lipinski definition) is 2. The zero-order chi connectivity index (χ0) is 32.0. The van der Waals surface area contributed by atoms with E-state index in [0.29, 0.717) is 39.0 Å². The van der Waals surface area contributed by atoms with E-state index in [0.717, 1.165) is 11.1 Å². The molecule has 10 nitrogen and oxygen atoms in total. The number of rotatable bonds is 10. The summed E-state index contributed by atoms with van der Waals surface area (Å²) in [6.07, 6.45) is 1.46. The third kappa shape index (κ3) is 7.46. The van der Waals surface area contributed by atoms with Crippen LogP contribution >= 0.6 is 11.8 Å². The number of benzene rings is 3. The van der Waals surface area contributed by atoms with Gasteiger partial charge in [-0.05, 0) is 67.9 Å². The summed E-state index contributed by atoms with van der Waals surface area (Å²) in [6, 6.07) is 28.6. The highest BCUT2D eigenvalue weighted by Crippen LogP contribution is 2.36. The molecule has 5 rings (SSSR count). The van der Waals surface area contributed by atoms with Crippen molar-refractivity contribution in [2.24, 2.45) is 0 Å². The Bertz CT molecular complexity index is 1980. The number of nitriles is 1. The number of anilines is 2. The lowest BCUT2D eigenvalue weighted by atomic mass is 9.99. The number of aromatic nitrogens is 3. The molecule has 0 aliphatic rings. The van der Waals surface area contributed by atoms with E-state index in [1.807, 2.05) is 60.7 Å². The number of sulfonamides is 1. The Labute approximate surface area is 265 Å². The van der Waals surface area contributed by atoms with Crippen LogP contribution in [0.25, 0.3) is 22.4 Å². The molecule has 1 unspecified atom stereocenters. The van der Waals surface area contributed by atoms with Gasteiger partial charge in [0.1, 0.15) is 16.8 Å². The van der Waals surface area contributed by atoms with E-state index in [-0.39, 0.29) is 16.8 Å². The molecule has 1 atom stereocenters. The second kappa shape index (κ2) is 13.6. The predicted octanol–water partition coefficient (Wildman–Crippen LogP) is 6.31. The third-order valence-electron chi connectivity index (χ3n) is 6.68. The molecule has 226 valence electrons. The number of pyridine rings is 1. The molecule has 3 aromatic carbocycles. The van der Waals surface area contributed by atoms with Crippen LogP contribution in [0.3, 0.4) is 0 Å². The lowest BCUT2D eigenvalue weighted by Crippen LogP contribution is -2.23. The number of nitrogens with one attached hydrogen (secondary N) is 2. The molecular weight excluding hydrogens is 609 g/mol. The molecule has 0 bridgehead atoms. The van der Waals surface area contributed by atoms with Crippen molar-refractivity contribution in [1.82, 2.24) is 15.0 Å². The smallest absolute Gasteiger partial charge is 0.264 e. The van der Waals surface area contributed by atoms with E-state index in [1.165, 1.54) is 42.2 Å². The van der Waals surface area contributed by atoms with E-state index in [9.17, 15) is 18.5 Å². The summed E-state index contributed by atoms with van der Waals surface area (Å²) in [6.45, 7) is 3.45. The number of aryl methyl sites for hydroxylation is 1. The zero-order valence-corrected chi connectivity index (χ0v) is 26.2. The molecule has 5 aromatic rings. The number of thioether (sulfide) groups is 1. The maximum absolute atomic E-state index is 13.2. The fourth-order valence-electron chi connectivity index (χ4n) is 4.33. The molecule has 2 N–H and O–H groups in total. The number of nitrogens with zero attached hydrogens (tertiary/aromatic N) is 4. The van der Waals surface area contributed by atoms with Crippen LogP contribution in [0.15, 0.2) is 107 Å². The molecule has 0 saturated carbocycles. The Balaban J connectivity index is 1.37. The monoisotopic (exact) mass is 636 g/mol. The predicted molar refractivity (Wildman–Crippen MR) is 174 cm³/mol. The van der Waals surface area contributed by atoms with Crippen LogP contribution in [0, 0.1) is 18.3 Å². The van der Waals surface area contributed by atoms with Crippen LogP contribution in [0.2, 0.25) is 0 Å². The minimum Gasteiger partial charge on any atom is -0.497 e. The van der Waals surface area contributed by atoms with Gasteiger partial charge in [0.05, 0.1) is 28.5 Å². The highest BCUT2D eigenvalue weighted by molar-refractivity contribution is 8.00. The first-order valence-electron chi connectivity index (χ1n) is 13.7. The Morgan fingerprint density at radius 3 is 2.31 bits per heavy atom. The molecule has 45 heavy (non-hydrogen) atoms. The second-order valence-electron chi connectivity index (χ2n) is 9.84. The number of ether oxygens (including phenoxy) is 1. The lowest BCUT2D eigenvalue weighted by Gasteiger charge is -2.16. The standard InChI is InChI=1S/C33H28N6O4S2/c1-21-17-18-35-33(36-21)39-45(41,42)27-15-11-25(12-16-27)37-31(40)22(2)44-32-29(20-34)28(23-9-13-26(43-3)14-10-23)19-30(38-32)24-7-5-4-6-8-24/h4-19,22H,1-3H3,(H,37,40)(H,35,36,39). The van der Waals surface area contributed by atoms with E-state index in [4.69, 9.17) is 9.72 Å². The highest BCUT2D eigenvalue weighted by Gasteiger charge is 2.22. The normalized spacial score (nSPS) is 11.7. The summed E-state index contributed by atoms with van der Waals surface area (Å²) in [5.74, 6) is 0.315. The molecule has 12 heteroatoms. The third-order valence-corrected chi connectivity index (χ3v) is 9.11. The minimum atomic E-state index is -3.94. The maximum Gasteiger partial charge on any atom is 0.264 e. The van der Waals surface area contributed by atoms with Crippen molar-refractivity contribution >= 4 is 39.3 Å². The Hall–Kier alpha value is -5.25. The van der Waals surface area contributed by atoms with Crippen molar-refractivity contribution in [1.29, 1.82) is 5.26 Å². The fourth-order valence-corrected chi connectivity index (χ4v) is 6.21. The van der Waals surface area contributed by atoms with Gasteiger partial charge >= 0.3 is 0 Å². The van der Waals surface area contributed by atoms with Gasteiger partial charge in [0, 0.05) is 28.7 Å². The Morgan fingerprint density at radius 1 is 0.956 bits per heavy atom. The fraction of sp³-hybridized carbons (Fsp3) is 0.121. The maximum atomic E-state index is 13.2. The zero-order valence-electron chi connectivity index (χ0n) is 24.6. The van der Waals surface area contributed by atoms with Gasteiger partial charge in [-0.1, -0.05) is 54.2 Å². The molecule has 0 aliphatic carbocycles. The van der Waals surface area contributed by atoms with Crippen molar-refractivity contribution in [2.75, 3.05) is 17.1 Å². The molecule has 0 aliphatic heterocycles. The molecule has 0 saturated heterocycles. The van der Waals surface area contributed by atoms with Gasteiger partial charge in [-0.25, -0.2) is 28.1 Å². The summed E-state index contributed by atoms with van der Waals surface area (Å²) >= 11 is 1.17. The average Bonchev–Trinajstić information content (AvgIpc) is 3.05. The molecule has 2 aromatic heterocycles. The lowest BCUT2D eigenvalue weighted by molar-refractivity contribution is -0.115. The van der Waals surface area contributed by atoms with Crippen LogP contribution in [0.5, 0.6) is 5.75 Å². The van der Waals surface area contributed by atoms with Crippen molar-refractivity contribution in [3.8, 4) is 34.2 Å². The van der Waals surface area contributed by atoms with E-state index in [2.05, 4.69) is 26.1 Å². The van der Waals surface area contributed by atoms with Crippen LogP contribution in [0.4, 0.5) is 11.6 Å². The molecule has 0 fully saturated rings. The van der Waals surface area contributed by atoms with Gasteiger partial charge in [0.2, 0.25) is 11.9 Å². The summed E-state index contributed by atoms with van der Waals surface area (Å²) in [4.78, 5) is 26.0. The number of carbonyl (C=O) groups excluding carboxylic acids is 1. The topological polar surface area (TPSA) is 147 Å². The van der Waals surface area contributed by atoms with E-state index in [1.54, 1.807) is 27.0 Å². The molecular formula is C33H28N6O4S2. The van der Waals surface area contributed by atoms with E-state index >= 15 is 0 Å². The minimum absolute atomic E-state index is 0.0142.